The molecule has 10 heavy (non-hydrogen) atoms. The minimum absolute atomic E-state index is 0.231. The first-order valence-electron chi connectivity index (χ1n) is 3.89. The summed E-state index contributed by atoms with van der Waals surface area (Å²) in [7, 11) is 0. The lowest BCUT2D eigenvalue weighted by Crippen LogP contribution is -2.14. The van der Waals surface area contributed by atoms with Gasteiger partial charge in [-0.05, 0) is 19.8 Å². The van der Waals surface area contributed by atoms with Gasteiger partial charge in [0.1, 0.15) is 0 Å². The first-order chi connectivity index (χ1) is 4.73. The van der Waals surface area contributed by atoms with Crippen LogP contribution in [0.25, 0.3) is 0 Å². The van der Waals surface area contributed by atoms with Crippen LogP contribution in [0.15, 0.2) is 0 Å². The van der Waals surface area contributed by atoms with Crippen molar-refractivity contribution < 1.29 is 5.11 Å². The summed E-state index contributed by atoms with van der Waals surface area (Å²) in [5, 5.41) is 10.7. The quantitative estimate of drug-likeness (QED) is 0.558. The van der Waals surface area contributed by atoms with E-state index in [1.165, 1.54) is 0 Å². The van der Waals surface area contributed by atoms with Crippen LogP contribution in [0, 0.1) is 0 Å². The molecule has 1 fully saturated rings. The van der Waals surface area contributed by atoms with Crippen LogP contribution in [0.4, 0.5) is 0 Å². The number of rotatable bonds is 4. The van der Waals surface area contributed by atoms with E-state index < -0.39 is 0 Å². The van der Waals surface area contributed by atoms with Gasteiger partial charge in [-0.2, -0.15) is 0 Å². The van der Waals surface area contributed by atoms with Crippen molar-refractivity contribution >= 4 is 0 Å². The third-order valence-electron chi connectivity index (χ3n) is 2.15. The Morgan fingerprint density at radius 1 is 1.60 bits per heavy atom. The Morgan fingerprint density at radius 3 is 2.70 bits per heavy atom. The smallest absolute Gasteiger partial charge is 0.0943 e. The monoisotopic (exact) mass is 144 g/mol. The van der Waals surface area contributed by atoms with Crippen molar-refractivity contribution in [2.75, 3.05) is 13.2 Å². The highest BCUT2D eigenvalue weighted by Gasteiger charge is 2.44. The fourth-order valence-corrected chi connectivity index (χ4v) is 1.07. The van der Waals surface area contributed by atoms with Gasteiger partial charge in [-0.15, -0.1) is 0 Å². The highest BCUT2D eigenvalue weighted by molar-refractivity contribution is 4.91. The minimum atomic E-state index is 0.231. The predicted octanol–water partition coefficient (Wildman–Crippen LogP) is 0.315. The SMILES string of the molecule is CCC1(C)NN1CCCO. The molecule has 0 saturated carbocycles. The molecule has 1 aliphatic rings. The second kappa shape index (κ2) is 2.86. The van der Waals surface area contributed by atoms with Crippen LogP contribution in [0.2, 0.25) is 0 Å². The molecule has 3 nitrogen and oxygen atoms in total. The lowest BCUT2D eigenvalue weighted by molar-refractivity contribution is 0.266. The molecule has 0 amide bonds. The van der Waals surface area contributed by atoms with Gasteiger partial charge >= 0.3 is 0 Å². The molecule has 0 bridgehead atoms. The van der Waals surface area contributed by atoms with Gasteiger partial charge in [-0.25, -0.2) is 10.4 Å². The van der Waals surface area contributed by atoms with Gasteiger partial charge < -0.3 is 5.11 Å². The van der Waals surface area contributed by atoms with Crippen molar-refractivity contribution in [2.24, 2.45) is 0 Å². The number of hydrogen-bond donors (Lipinski definition) is 2. The van der Waals surface area contributed by atoms with E-state index in [0.29, 0.717) is 0 Å². The number of hydrazine groups is 1. The lowest BCUT2D eigenvalue weighted by atomic mass is 10.2. The molecule has 0 aliphatic carbocycles. The van der Waals surface area contributed by atoms with Gasteiger partial charge in [0.25, 0.3) is 0 Å². The summed E-state index contributed by atoms with van der Waals surface area (Å²) in [5.41, 5.74) is 3.48. The molecule has 1 saturated heterocycles. The first-order valence-corrected chi connectivity index (χ1v) is 3.89. The summed E-state index contributed by atoms with van der Waals surface area (Å²) in [5.74, 6) is 0. The molecule has 2 N–H and O–H groups in total. The highest BCUT2D eigenvalue weighted by atomic mass is 16.3. The molecular formula is C7H16N2O. The lowest BCUT2D eigenvalue weighted by Gasteiger charge is -2.03. The number of aliphatic hydroxyl groups excluding tert-OH is 1. The van der Waals surface area contributed by atoms with Gasteiger partial charge in [0.05, 0.1) is 5.66 Å². The van der Waals surface area contributed by atoms with Crippen LogP contribution in [-0.4, -0.2) is 28.9 Å². The largest absolute Gasteiger partial charge is 0.396 e. The minimum Gasteiger partial charge on any atom is -0.396 e. The molecule has 1 heterocycles. The summed E-state index contributed by atoms with van der Waals surface area (Å²) in [4.78, 5) is 0. The molecule has 60 valence electrons. The van der Waals surface area contributed by atoms with Crippen molar-refractivity contribution in [3.8, 4) is 0 Å². The normalized spacial score (nSPS) is 38.1. The van der Waals surface area contributed by atoms with Crippen LogP contribution in [0.1, 0.15) is 26.7 Å². The zero-order valence-corrected chi connectivity index (χ0v) is 6.72. The molecule has 0 aromatic heterocycles. The average Bonchev–Trinajstić information content (AvgIpc) is 2.59. The summed E-state index contributed by atoms with van der Waals surface area (Å²) >= 11 is 0. The average molecular weight is 144 g/mol. The van der Waals surface area contributed by atoms with Crippen LogP contribution in [0.3, 0.4) is 0 Å². The summed E-state index contributed by atoms with van der Waals surface area (Å²) in [6.07, 6.45) is 1.99. The highest BCUT2D eigenvalue weighted by Crippen LogP contribution is 2.26. The zero-order valence-electron chi connectivity index (χ0n) is 6.72. The molecule has 0 radical (unpaired) electrons. The Kier molecular flexibility index (Phi) is 2.28. The summed E-state index contributed by atoms with van der Waals surface area (Å²) in [6.45, 7) is 5.58. The van der Waals surface area contributed by atoms with E-state index in [4.69, 9.17) is 5.11 Å². The maximum Gasteiger partial charge on any atom is 0.0943 e. The predicted molar refractivity (Wildman–Crippen MR) is 40.2 cm³/mol. The van der Waals surface area contributed by atoms with Crippen molar-refractivity contribution in [3.63, 3.8) is 0 Å². The number of aliphatic hydroxyl groups is 1. The third kappa shape index (κ3) is 1.48. The van der Waals surface area contributed by atoms with E-state index >= 15 is 0 Å². The van der Waals surface area contributed by atoms with Crippen LogP contribution >= 0.6 is 0 Å². The van der Waals surface area contributed by atoms with Gasteiger partial charge in [-0.3, -0.25) is 0 Å². The zero-order chi connectivity index (χ0) is 7.61. The topological polar surface area (TPSA) is 45.2 Å². The van der Waals surface area contributed by atoms with Gasteiger partial charge in [0.15, 0.2) is 0 Å². The molecule has 1 aliphatic heterocycles. The van der Waals surface area contributed by atoms with E-state index in [1.54, 1.807) is 0 Å². The van der Waals surface area contributed by atoms with Crippen LogP contribution < -0.4 is 5.43 Å². The van der Waals surface area contributed by atoms with Crippen molar-refractivity contribution in [1.82, 2.24) is 10.4 Å². The van der Waals surface area contributed by atoms with Crippen molar-refractivity contribution in [1.29, 1.82) is 0 Å². The third-order valence-corrected chi connectivity index (χ3v) is 2.15. The Labute approximate surface area is 62.0 Å². The molecule has 1 rings (SSSR count). The van der Waals surface area contributed by atoms with E-state index in [2.05, 4.69) is 24.3 Å². The molecule has 0 aromatic rings. The molecular weight excluding hydrogens is 128 g/mol. The molecule has 2 atom stereocenters. The molecule has 0 aromatic carbocycles. The summed E-state index contributed by atoms with van der Waals surface area (Å²) in [6, 6.07) is 0. The maximum absolute atomic E-state index is 8.53. The second-order valence-corrected chi connectivity index (χ2v) is 2.97. The Balaban J connectivity index is 2.12. The maximum atomic E-state index is 8.53. The Bertz CT molecular complexity index is 118. The van der Waals surface area contributed by atoms with Gasteiger partial charge in [0.2, 0.25) is 0 Å². The Morgan fingerprint density at radius 2 is 2.30 bits per heavy atom. The Hall–Kier alpha value is -0.120. The van der Waals surface area contributed by atoms with E-state index in [-0.39, 0.29) is 12.3 Å². The van der Waals surface area contributed by atoms with Crippen LogP contribution in [0.5, 0.6) is 0 Å². The van der Waals surface area contributed by atoms with Crippen molar-refractivity contribution in [2.45, 2.75) is 32.4 Å². The molecule has 2 unspecified atom stereocenters. The molecule has 0 spiro atoms. The number of nitrogens with one attached hydrogen (secondary N) is 1. The van der Waals surface area contributed by atoms with E-state index in [0.717, 1.165) is 19.4 Å². The van der Waals surface area contributed by atoms with Gasteiger partial charge in [0, 0.05) is 13.2 Å². The van der Waals surface area contributed by atoms with E-state index in [9.17, 15) is 0 Å². The standard InChI is InChI=1S/C7H16N2O/c1-3-7(2)8-9(7)5-4-6-10/h8,10H,3-6H2,1-2H3. The number of nitrogens with zero attached hydrogens (tertiary/aromatic N) is 1. The summed E-state index contributed by atoms with van der Waals surface area (Å²) < 4.78 is 0. The first kappa shape index (κ1) is 7.98. The number of hydrogen-bond acceptors (Lipinski definition) is 3. The fraction of sp³-hybridized carbons (Fsp3) is 1.00. The second-order valence-electron chi connectivity index (χ2n) is 2.97. The fourth-order valence-electron chi connectivity index (χ4n) is 1.07. The van der Waals surface area contributed by atoms with Crippen molar-refractivity contribution in [3.05, 3.63) is 0 Å². The van der Waals surface area contributed by atoms with E-state index in [1.807, 2.05) is 0 Å². The molecule has 3 heteroatoms. The van der Waals surface area contributed by atoms with Crippen LogP contribution in [-0.2, 0) is 0 Å². The van der Waals surface area contributed by atoms with Gasteiger partial charge in [-0.1, -0.05) is 6.92 Å².